The third-order valence-corrected chi connectivity index (χ3v) is 7.56. The van der Waals surface area contributed by atoms with Crippen LogP contribution in [0.1, 0.15) is 44.6 Å². The third kappa shape index (κ3) is 3.69. The largest absolute Gasteiger partial charge is 0.368 e. The van der Waals surface area contributed by atoms with Crippen LogP contribution in [0.3, 0.4) is 0 Å². The summed E-state index contributed by atoms with van der Waals surface area (Å²) in [5.74, 6) is -0.159. The number of anilines is 1. The van der Waals surface area contributed by atoms with E-state index in [9.17, 15) is 9.59 Å². The van der Waals surface area contributed by atoms with Gasteiger partial charge in [0.1, 0.15) is 6.10 Å². The molecule has 0 spiro atoms. The van der Waals surface area contributed by atoms with Crippen LogP contribution in [0.4, 0.5) is 5.69 Å². The first kappa shape index (κ1) is 19.5. The van der Waals surface area contributed by atoms with Gasteiger partial charge in [-0.3, -0.25) is 9.59 Å². The average Bonchev–Trinajstić information content (AvgIpc) is 3.55. The molecule has 5 rings (SSSR count). The maximum atomic E-state index is 13.5. The summed E-state index contributed by atoms with van der Waals surface area (Å²) >= 11 is 3.44. The highest BCUT2D eigenvalue weighted by atomic mass is 32.1. The van der Waals surface area contributed by atoms with Crippen molar-refractivity contribution in [2.24, 2.45) is 0 Å². The molecule has 1 N–H and O–H groups in total. The van der Waals surface area contributed by atoms with Gasteiger partial charge in [-0.25, -0.2) is 0 Å². The van der Waals surface area contributed by atoms with Crippen molar-refractivity contribution >= 4 is 40.2 Å². The van der Waals surface area contributed by atoms with E-state index in [1.807, 2.05) is 29.2 Å². The maximum absolute atomic E-state index is 13.5. The van der Waals surface area contributed by atoms with Gasteiger partial charge in [0.15, 0.2) is 0 Å². The van der Waals surface area contributed by atoms with Crippen molar-refractivity contribution in [2.75, 3.05) is 18.5 Å². The molecule has 2 atom stereocenters. The average molecular weight is 439 g/mol. The van der Waals surface area contributed by atoms with Crippen molar-refractivity contribution in [3.63, 3.8) is 0 Å². The van der Waals surface area contributed by atoms with Crippen LogP contribution in [0, 0.1) is 0 Å². The minimum absolute atomic E-state index is 0.0153. The number of nitrogens with zero attached hydrogens (tertiary/aromatic N) is 1. The molecule has 7 heteroatoms. The molecule has 30 heavy (non-hydrogen) atoms. The summed E-state index contributed by atoms with van der Waals surface area (Å²) in [6.07, 6.45) is 2.12. The van der Waals surface area contributed by atoms with Crippen molar-refractivity contribution in [3.05, 3.63) is 74.1 Å². The Labute approximate surface area is 183 Å². The molecule has 0 bridgehead atoms. The Balaban J connectivity index is 1.40. The predicted molar refractivity (Wildman–Crippen MR) is 119 cm³/mol. The van der Waals surface area contributed by atoms with Crippen LogP contribution >= 0.6 is 22.7 Å². The summed E-state index contributed by atoms with van der Waals surface area (Å²) in [4.78, 5) is 30.4. The molecule has 0 radical (unpaired) electrons. The van der Waals surface area contributed by atoms with E-state index in [0.717, 1.165) is 19.3 Å². The van der Waals surface area contributed by atoms with E-state index in [1.54, 1.807) is 28.7 Å². The number of hydrogen-bond donors (Lipinski definition) is 1. The van der Waals surface area contributed by atoms with Crippen LogP contribution in [-0.4, -0.2) is 36.0 Å². The standard InChI is InChI=1S/C23H22N2O3S2/c26-22(18-6-2-11-28-18)24-16-5-1-4-15(14-16)23(27)25-10-8-19-17(9-13-30-19)21(25)20-7-3-12-29-20/h1,3-5,7,9,12-14,18,21H,2,6,8,10-11H2,(H,24,26)/t18-,21+/m1/s1. The number of nitrogens with one attached hydrogen (secondary N) is 1. The smallest absolute Gasteiger partial charge is 0.254 e. The number of ether oxygens (including phenoxy) is 1. The van der Waals surface area contributed by atoms with Crippen LogP contribution in [-0.2, 0) is 16.0 Å². The molecule has 3 aromatic rings. The number of thiophene rings is 2. The molecule has 2 aromatic heterocycles. The lowest BCUT2D eigenvalue weighted by Gasteiger charge is -2.35. The first-order valence-corrected chi connectivity index (χ1v) is 11.9. The third-order valence-electron chi connectivity index (χ3n) is 5.64. The van der Waals surface area contributed by atoms with Crippen molar-refractivity contribution in [1.29, 1.82) is 0 Å². The number of carbonyl (C=O) groups is 2. The minimum Gasteiger partial charge on any atom is -0.368 e. The zero-order valence-corrected chi connectivity index (χ0v) is 18.0. The molecule has 1 saturated heterocycles. The summed E-state index contributed by atoms with van der Waals surface area (Å²) < 4.78 is 5.46. The van der Waals surface area contributed by atoms with E-state index in [4.69, 9.17) is 4.74 Å². The zero-order valence-electron chi connectivity index (χ0n) is 16.4. The monoisotopic (exact) mass is 438 g/mol. The first-order chi connectivity index (χ1) is 14.7. The Morgan fingerprint density at radius 2 is 2.03 bits per heavy atom. The highest BCUT2D eigenvalue weighted by molar-refractivity contribution is 7.10. The quantitative estimate of drug-likeness (QED) is 0.642. The van der Waals surface area contributed by atoms with Gasteiger partial charge in [0.05, 0.1) is 6.04 Å². The van der Waals surface area contributed by atoms with Gasteiger partial charge < -0.3 is 15.0 Å². The summed E-state index contributed by atoms with van der Waals surface area (Å²) in [5, 5.41) is 7.07. The Bertz CT molecular complexity index is 1050. The zero-order chi connectivity index (χ0) is 20.5. The summed E-state index contributed by atoms with van der Waals surface area (Å²) in [6, 6.07) is 13.4. The van der Waals surface area contributed by atoms with Gasteiger partial charge in [0.25, 0.3) is 11.8 Å². The maximum Gasteiger partial charge on any atom is 0.254 e. The van der Waals surface area contributed by atoms with Crippen LogP contribution in [0.5, 0.6) is 0 Å². The fourth-order valence-corrected chi connectivity index (χ4v) is 5.95. The van der Waals surface area contributed by atoms with Crippen molar-refractivity contribution in [2.45, 2.75) is 31.4 Å². The molecule has 1 aromatic carbocycles. The highest BCUT2D eigenvalue weighted by Gasteiger charge is 2.34. The lowest BCUT2D eigenvalue weighted by molar-refractivity contribution is -0.124. The molecule has 2 aliphatic heterocycles. The van der Waals surface area contributed by atoms with E-state index in [0.29, 0.717) is 24.4 Å². The van der Waals surface area contributed by atoms with E-state index < -0.39 is 6.10 Å². The topological polar surface area (TPSA) is 58.6 Å². The van der Waals surface area contributed by atoms with Crippen LogP contribution in [0.2, 0.25) is 0 Å². The summed E-state index contributed by atoms with van der Waals surface area (Å²) in [5.41, 5.74) is 2.44. The molecule has 154 valence electrons. The molecule has 4 heterocycles. The number of benzene rings is 1. The van der Waals surface area contributed by atoms with Crippen LogP contribution < -0.4 is 5.32 Å². The highest BCUT2D eigenvalue weighted by Crippen LogP contribution is 2.40. The molecule has 2 aliphatic rings. The van der Waals surface area contributed by atoms with Crippen molar-refractivity contribution in [3.8, 4) is 0 Å². The van der Waals surface area contributed by atoms with Crippen LogP contribution in [0.15, 0.2) is 53.2 Å². The number of fused-ring (bicyclic) bond motifs is 1. The molecular formula is C23H22N2O3S2. The lowest BCUT2D eigenvalue weighted by Crippen LogP contribution is -2.39. The normalized spacial score (nSPS) is 20.7. The molecule has 2 amide bonds. The van der Waals surface area contributed by atoms with Crippen LogP contribution in [0.25, 0.3) is 0 Å². The SMILES string of the molecule is O=C(Nc1cccc(C(=O)N2CCc3sccc3[C@H]2c2cccs2)c1)[C@H]1CCCO1. The lowest BCUT2D eigenvalue weighted by atomic mass is 9.97. The first-order valence-electron chi connectivity index (χ1n) is 10.1. The van der Waals surface area contributed by atoms with E-state index in [2.05, 4.69) is 28.2 Å². The molecule has 0 aliphatic carbocycles. The fourth-order valence-electron chi connectivity index (χ4n) is 4.19. The summed E-state index contributed by atoms with van der Waals surface area (Å²) in [7, 11) is 0. The molecular weight excluding hydrogens is 416 g/mol. The molecule has 1 fully saturated rings. The van der Waals surface area contributed by atoms with E-state index in [1.165, 1.54) is 15.3 Å². The van der Waals surface area contributed by atoms with Crippen molar-refractivity contribution < 1.29 is 14.3 Å². The van der Waals surface area contributed by atoms with E-state index in [-0.39, 0.29) is 17.9 Å². The molecule has 0 unspecified atom stereocenters. The second-order valence-corrected chi connectivity index (χ2v) is 9.52. The fraction of sp³-hybridized carbons (Fsp3) is 0.304. The Morgan fingerprint density at radius 3 is 2.83 bits per heavy atom. The Hall–Kier alpha value is -2.48. The summed E-state index contributed by atoms with van der Waals surface area (Å²) in [6.45, 7) is 1.31. The second kappa shape index (κ2) is 8.34. The van der Waals surface area contributed by atoms with Gasteiger partial charge in [0, 0.05) is 34.2 Å². The van der Waals surface area contributed by atoms with Gasteiger partial charge in [-0.2, -0.15) is 0 Å². The van der Waals surface area contributed by atoms with Gasteiger partial charge in [0.2, 0.25) is 0 Å². The Morgan fingerprint density at radius 1 is 1.10 bits per heavy atom. The van der Waals surface area contributed by atoms with Gasteiger partial charge >= 0.3 is 0 Å². The predicted octanol–water partition coefficient (Wildman–Crippen LogP) is 4.72. The number of rotatable bonds is 4. The van der Waals surface area contributed by atoms with Gasteiger partial charge in [-0.05, 0) is 65.9 Å². The van der Waals surface area contributed by atoms with Gasteiger partial charge in [-0.1, -0.05) is 12.1 Å². The number of amides is 2. The number of hydrogen-bond acceptors (Lipinski definition) is 5. The second-order valence-electron chi connectivity index (χ2n) is 7.54. The number of carbonyl (C=O) groups excluding carboxylic acids is 2. The molecule has 0 saturated carbocycles. The Kier molecular flexibility index (Phi) is 5.41. The molecule has 5 nitrogen and oxygen atoms in total. The van der Waals surface area contributed by atoms with E-state index >= 15 is 0 Å². The minimum atomic E-state index is -0.397. The van der Waals surface area contributed by atoms with Gasteiger partial charge in [-0.15, -0.1) is 22.7 Å². The van der Waals surface area contributed by atoms with Crippen molar-refractivity contribution in [1.82, 2.24) is 4.90 Å².